The van der Waals surface area contributed by atoms with Crippen LogP contribution >= 0.6 is 15.9 Å². The van der Waals surface area contributed by atoms with Crippen molar-refractivity contribution in [3.05, 3.63) is 63.9 Å². The second kappa shape index (κ2) is 6.63. The van der Waals surface area contributed by atoms with Crippen LogP contribution in [0.2, 0.25) is 0 Å². The maximum Gasteiger partial charge on any atom is 0.228 e. The van der Waals surface area contributed by atoms with Crippen molar-refractivity contribution in [3.63, 3.8) is 0 Å². The van der Waals surface area contributed by atoms with Crippen molar-refractivity contribution in [1.82, 2.24) is 0 Å². The summed E-state index contributed by atoms with van der Waals surface area (Å²) in [7, 11) is 0. The number of hydrogen-bond acceptors (Lipinski definition) is 2. The molecule has 0 aliphatic heterocycles. The lowest BCUT2D eigenvalue weighted by atomic mass is 10.1. The van der Waals surface area contributed by atoms with Crippen molar-refractivity contribution in [1.29, 1.82) is 0 Å². The standard InChI is InChI=1S/C16H13BrFNO2/c1-10(20)11-3-2-4-14(8-11)19-16(21)9-12-7-13(17)5-6-15(12)18/h2-8H,9H2,1H3,(H,19,21). The minimum absolute atomic E-state index is 0.0738. The Balaban J connectivity index is 2.10. The van der Waals surface area contributed by atoms with Crippen LogP contribution in [0.4, 0.5) is 10.1 Å². The molecule has 0 spiro atoms. The van der Waals surface area contributed by atoms with E-state index in [-0.39, 0.29) is 18.1 Å². The molecule has 0 fully saturated rings. The number of nitrogens with one attached hydrogen (secondary N) is 1. The monoisotopic (exact) mass is 349 g/mol. The molecule has 2 aromatic rings. The van der Waals surface area contributed by atoms with Crippen LogP contribution in [0.15, 0.2) is 46.9 Å². The highest BCUT2D eigenvalue weighted by atomic mass is 79.9. The molecule has 2 aromatic carbocycles. The first-order valence-electron chi connectivity index (χ1n) is 6.30. The number of amides is 1. The third-order valence-corrected chi connectivity index (χ3v) is 3.40. The Morgan fingerprint density at radius 3 is 2.67 bits per heavy atom. The highest BCUT2D eigenvalue weighted by molar-refractivity contribution is 9.10. The highest BCUT2D eigenvalue weighted by Gasteiger charge is 2.10. The molecule has 2 rings (SSSR count). The summed E-state index contributed by atoms with van der Waals surface area (Å²) >= 11 is 3.24. The summed E-state index contributed by atoms with van der Waals surface area (Å²) in [6, 6.07) is 11.1. The van der Waals surface area contributed by atoms with Gasteiger partial charge in [-0.05, 0) is 42.8 Å². The highest BCUT2D eigenvalue weighted by Crippen LogP contribution is 2.17. The molecule has 0 aromatic heterocycles. The third-order valence-electron chi connectivity index (χ3n) is 2.91. The molecule has 0 aliphatic rings. The predicted octanol–water partition coefficient (Wildman–Crippen LogP) is 3.97. The normalized spacial score (nSPS) is 10.2. The van der Waals surface area contributed by atoms with Crippen LogP contribution in [0.3, 0.4) is 0 Å². The summed E-state index contributed by atoms with van der Waals surface area (Å²) < 4.78 is 14.3. The first kappa shape index (κ1) is 15.4. The van der Waals surface area contributed by atoms with E-state index in [9.17, 15) is 14.0 Å². The van der Waals surface area contributed by atoms with E-state index in [0.717, 1.165) is 0 Å². The fourth-order valence-corrected chi connectivity index (χ4v) is 2.28. The van der Waals surface area contributed by atoms with Crippen LogP contribution in [-0.4, -0.2) is 11.7 Å². The first-order chi connectivity index (χ1) is 9.95. The zero-order chi connectivity index (χ0) is 15.4. The number of hydrogen-bond donors (Lipinski definition) is 1. The number of anilines is 1. The van der Waals surface area contributed by atoms with Gasteiger partial charge in [0.2, 0.25) is 5.91 Å². The summed E-state index contributed by atoms with van der Waals surface area (Å²) in [6.45, 7) is 1.46. The second-order valence-electron chi connectivity index (χ2n) is 4.60. The lowest BCUT2D eigenvalue weighted by Crippen LogP contribution is -2.15. The van der Waals surface area contributed by atoms with E-state index in [1.165, 1.54) is 13.0 Å². The minimum atomic E-state index is -0.425. The van der Waals surface area contributed by atoms with Gasteiger partial charge in [0.05, 0.1) is 6.42 Å². The molecule has 0 aliphatic carbocycles. The second-order valence-corrected chi connectivity index (χ2v) is 5.51. The van der Waals surface area contributed by atoms with E-state index < -0.39 is 5.82 Å². The Hall–Kier alpha value is -2.01. The largest absolute Gasteiger partial charge is 0.326 e. The topological polar surface area (TPSA) is 46.2 Å². The zero-order valence-corrected chi connectivity index (χ0v) is 12.9. The fraction of sp³-hybridized carbons (Fsp3) is 0.125. The van der Waals surface area contributed by atoms with Gasteiger partial charge in [0, 0.05) is 15.7 Å². The molecule has 0 bridgehead atoms. The Kier molecular flexibility index (Phi) is 4.85. The van der Waals surface area contributed by atoms with Crippen molar-refractivity contribution in [3.8, 4) is 0 Å². The molecule has 1 amide bonds. The third kappa shape index (κ3) is 4.23. The molecule has 1 N–H and O–H groups in total. The summed E-state index contributed by atoms with van der Waals surface area (Å²) in [5, 5.41) is 2.66. The van der Waals surface area contributed by atoms with E-state index in [0.29, 0.717) is 21.3 Å². The van der Waals surface area contributed by atoms with Gasteiger partial charge in [-0.1, -0.05) is 28.1 Å². The molecule has 108 valence electrons. The van der Waals surface area contributed by atoms with Gasteiger partial charge in [-0.15, -0.1) is 0 Å². The number of carbonyl (C=O) groups excluding carboxylic acids is 2. The Morgan fingerprint density at radius 2 is 1.95 bits per heavy atom. The van der Waals surface area contributed by atoms with Crippen LogP contribution in [0.5, 0.6) is 0 Å². The number of benzene rings is 2. The number of ketones is 1. The van der Waals surface area contributed by atoms with Gasteiger partial charge in [0.15, 0.2) is 5.78 Å². The molecule has 0 atom stereocenters. The summed E-state index contributed by atoms with van der Waals surface area (Å²) in [5.74, 6) is -0.845. The summed E-state index contributed by atoms with van der Waals surface area (Å²) in [4.78, 5) is 23.2. The van der Waals surface area contributed by atoms with Crippen molar-refractivity contribution >= 4 is 33.3 Å². The molecule has 0 saturated carbocycles. The van der Waals surface area contributed by atoms with Crippen LogP contribution < -0.4 is 5.32 Å². The van der Waals surface area contributed by atoms with Crippen LogP contribution in [-0.2, 0) is 11.2 Å². The Morgan fingerprint density at radius 1 is 1.19 bits per heavy atom. The average molecular weight is 350 g/mol. The van der Waals surface area contributed by atoms with Crippen molar-refractivity contribution in [2.75, 3.05) is 5.32 Å². The van der Waals surface area contributed by atoms with Crippen molar-refractivity contribution < 1.29 is 14.0 Å². The lowest BCUT2D eigenvalue weighted by Gasteiger charge is -2.07. The van der Waals surface area contributed by atoms with Gasteiger partial charge >= 0.3 is 0 Å². The molecule has 3 nitrogen and oxygen atoms in total. The molecule has 0 heterocycles. The average Bonchev–Trinajstić information content (AvgIpc) is 2.43. The van der Waals surface area contributed by atoms with E-state index in [2.05, 4.69) is 21.2 Å². The zero-order valence-electron chi connectivity index (χ0n) is 11.3. The molecule has 0 unspecified atom stereocenters. The first-order valence-corrected chi connectivity index (χ1v) is 7.10. The maximum atomic E-state index is 13.6. The van der Waals surface area contributed by atoms with Crippen LogP contribution in [0.1, 0.15) is 22.8 Å². The number of Topliss-reactive ketones (excluding diaryl/α,β-unsaturated/α-hetero) is 1. The van der Waals surface area contributed by atoms with Crippen LogP contribution in [0.25, 0.3) is 0 Å². The van der Waals surface area contributed by atoms with E-state index in [1.807, 2.05) is 0 Å². The minimum Gasteiger partial charge on any atom is -0.326 e. The van der Waals surface area contributed by atoms with Gasteiger partial charge in [-0.25, -0.2) is 4.39 Å². The smallest absolute Gasteiger partial charge is 0.228 e. The molecule has 0 saturated heterocycles. The number of carbonyl (C=O) groups is 2. The van der Waals surface area contributed by atoms with Gasteiger partial charge < -0.3 is 5.32 Å². The van der Waals surface area contributed by atoms with Gasteiger partial charge in [0.1, 0.15) is 5.82 Å². The fourth-order valence-electron chi connectivity index (χ4n) is 1.87. The SMILES string of the molecule is CC(=O)c1cccc(NC(=O)Cc2cc(Br)ccc2F)c1. The van der Waals surface area contributed by atoms with Crippen molar-refractivity contribution in [2.45, 2.75) is 13.3 Å². The molecular weight excluding hydrogens is 337 g/mol. The predicted molar refractivity (Wildman–Crippen MR) is 82.9 cm³/mol. The van der Waals surface area contributed by atoms with E-state index >= 15 is 0 Å². The van der Waals surface area contributed by atoms with Gasteiger partial charge in [0.25, 0.3) is 0 Å². The molecular formula is C16H13BrFNO2. The number of rotatable bonds is 4. The van der Waals surface area contributed by atoms with E-state index in [4.69, 9.17) is 0 Å². The van der Waals surface area contributed by atoms with Gasteiger partial charge in [-0.3, -0.25) is 9.59 Å². The molecule has 5 heteroatoms. The molecule has 0 radical (unpaired) electrons. The Bertz CT molecular complexity index is 700. The van der Waals surface area contributed by atoms with Crippen LogP contribution in [0, 0.1) is 5.82 Å². The van der Waals surface area contributed by atoms with E-state index in [1.54, 1.807) is 36.4 Å². The molecule has 21 heavy (non-hydrogen) atoms. The Labute approximate surface area is 130 Å². The van der Waals surface area contributed by atoms with Gasteiger partial charge in [-0.2, -0.15) is 0 Å². The number of halogens is 2. The van der Waals surface area contributed by atoms with Crippen molar-refractivity contribution in [2.24, 2.45) is 0 Å². The summed E-state index contributed by atoms with van der Waals surface area (Å²) in [6.07, 6.45) is -0.0738. The maximum absolute atomic E-state index is 13.6. The summed E-state index contributed by atoms with van der Waals surface area (Å²) in [5.41, 5.74) is 1.34. The lowest BCUT2D eigenvalue weighted by molar-refractivity contribution is -0.115. The quantitative estimate of drug-likeness (QED) is 0.848.